The lowest BCUT2D eigenvalue weighted by Gasteiger charge is -2.14. The number of hydrogen-bond donors (Lipinski definition) is 1. The highest BCUT2D eigenvalue weighted by Crippen LogP contribution is 2.30. The molecule has 0 aliphatic heterocycles. The van der Waals surface area contributed by atoms with E-state index in [2.05, 4.69) is 4.74 Å². The number of halogens is 3. The summed E-state index contributed by atoms with van der Waals surface area (Å²) in [5.74, 6) is -2.00. The van der Waals surface area contributed by atoms with Crippen LogP contribution in [0.1, 0.15) is 16.7 Å². The summed E-state index contributed by atoms with van der Waals surface area (Å²) < 4.78 is 40.1. The number of ether oxygens (including phenoxy) is 1. The molecule has 1 aromatic rings. The molecule has 0 spiro atoms. The van der Waals surface area contributed by atoms with Crippen LogP contribution in [0, 0.1) is 18.3 Å². The van der Waals surface area contributed by atoms with E-state index < -0.39 is 24.5 Å². The molecule has 4 nitrogen and oxygen atoms in total. The van der Waals surface area contributed by atoms with Crippen LogP contribution in [0.25, 0.3) is 0 Å². The number of nitriles is 1. The first-order valence-corrected chi connectivity index (χ1v) is 4.74. The molecule has 0 aliphatic carbocycles. The van der Waals surface area contributed by atoms with Crippen LogP contribution in [0.15, 0.2) is 12.1 Å². The molecule has 0 aliphatic rings. The van der Waals surface area contributed by atoms with E-state index in [1.54, 1.807) is 6.07 Å². The van der Waals surface area contributed by atoms with Crippen molar-refractivity contribution < 1.29 is 27.8 Å². The van der Waals surface area contributed by atoms with Gasteiger partial charge in [-0.1, -0.05) is 6.07 Å². The van der Waals surface area contributed by atoms with Crippen molar-refractivity contribution in [3.05, 3.63) is 28.8 Å². The maximum atomic E-state index is 12.1. The maximum absolute atomic E-state index is 12.1. The van der Waals surface area contributed by atoms with Crippen LogP contribution >= 0.6 is 0 Å². The number of hydrogen-bond acceptors (Lipinski definition) is 3. The monoisotopic (exact) mass is 259 g/mol. The van der Waals surface area contributed by atoms with Gasteiger partial charge in [0.15, 0.2) is 0 Å². The van der Waals surface area contributed by atoms with Gasteiger partial charge in [0.1, 0.15) is 5.75 Å². The third kappa shape index (κ3) is 3.38. The van der Waals surface area contributed by atoms with Crippen molar-refractivity contribution in [1.82, 2.24) is 0 Å². The van der Waals surface area contributed by atoms with Crippen molar-refractivity contribution in [2.24, 2.45) is 0 Å². The molecule has 18 heavy (non-hydrogen) atoms. The van der Waals surface area contributed by atoms with Gasteiger partial charge in [0.2, 0.25) is 0 Å². The van der Waals surface area contributed by atoms with Crippen LogP contribution in [0.2, 0.25) is 0 Å². The molecule has 0 unspecified atom stereocenters. The predicted octanol–water partition coefficient (Wildman–Crippen LogP) is 2.39. The van der Waals surface area contributed by atoms with Crippen molar-refractivity contribution in [2.45, 2.75) is 19.7 Å². The van der Waals surface area contributed by atoms with Crippen LogP contribution in [0.3, 0.4) is 0 Å². The molecule has 1 aromatic carbocycles. The minimum Gasteiger partial charge on any atom is -0.481 e. The second kappa shape index (κ2) is 4.96. The first kappa shape index (κ1) is 13.8. The summed E-state index contributed by atoms with van der Waals surface area (Å²) in [4.78, 5) is 10.6. The second-order valence-electron chi connectivity index (χ2n) is 3.46. The molecule has 0 bridgehead atoms. The minimum atomic E-state index is -4.94. The van der Waals surface area contributed by atoms with Gasteiger partial charge < -0.3 is 9.84 Å². The molecule has 0 heterocycles. The number of carbonyl (C=O) groups is 1. The molecule has 7 heteroatoms. The smallest absolute Gasteiger partial charge is 0.481 e. The van der Waals surface area contributed by atoms with E-state index in [9.17, 15) is 18.0 Å². The Kier molecular flexibility index (Phi) is 3.81. The van der Waals surface area contributed by atoms with E-state index in [0.29, 0.717) is 5.56 Å². The summed E-state index contributed by atoms with van der Waals surface area (Å²) in [7, 11) is 0. The van der Waals surface area contributed by atoms with Gasteiger partial charge in [-0.15, -0.1) is 13.2 Å². The fourth-order valence-electron chi connectivity index (χ4n) is 1.45. The number of nitrogens with zero attached hydrogens (tertiary/aromatic N) is 1. The quantitative estimate of drug-likeness (QED) is 0.904. The Hall–Kier alpha value is -2.23. The van der Waals surface area contributed by atoms with Crippen molar-refractivity contribution in [1.29, 1.82) is 5.26 Å². The van der Waals surface area contributed by atoms with Crippen molar-refractivity contribution in [3.63, 3.8) is 0 Å². The number of rotatable bonds is 3. The number of carboxylic acids is 1. The maximum Gasteiger partial charge on any atom is 0.573 e. The number of aliphatic carboxylic acids is 1. The van der Waals surface area contributed by atoms with E-state index in [1.165, 1.54) is 13.0 Å². The Morgan fingerprint density at radius 3 is 2.56 bits per heavy atom. The molecule has 0 saturated heterocycles. The molecule has 1 N–H and O–H groups in total. The van der Waals surface area contributed by atoms with Crippen LogP contribution < -0.4 is 4.74 Å². The SMILES string of the molecule is Cc1ccc(OC(F)(F)F)c(CC(=O)O)c1C#N. The molecule has 0 saturated carbocycles. The van der Waals surface area contributed by atoms with Crippen molar-refractivity contribution >= 4 is 5.97 Å². The third-order valence-corrected chi connectivity index (χ3v) is 2.14. The highest BCUT2D eigenvalue weighted by atomic mass is 19.4. The molecule has 96 valence electrons. The molecule has 0 amide bonds. The van der Waals surface area contributed by atoms with Gasteiger partial charge in [0.25, 0.3) is 0 Å². The largest absolute Gasteiger partial charge is 0.573 e. The molecule has 1 rings (SSSR count). The third-order valence-electron chi connectivity index (χ3n) is 2.14. The Morgan fingerprint density at radius 2 is 2.11 bits per heavy atom. The summed E-state index contributed by atoms with van der Waals surface area (Å²) >= 11 is 0. The van der Waals surface area contributed by atoms with Gasteiger partial charge in [0, 0.05) is 5.56 Å². The number of aryl methyl sites for hydroxylation is 1. The first-order valence-electron chi connectivity index (χ1n) is 4.74. The normalized spacial score (nSPS) is 10.8. The van der Waals surface area contributed by atoms with Crippen LogP contribution in [-0.2, 0) is 11.2 Å². The summed E-state index contributed by atoms with van der Waals surface area (Å²) in [6.45, 7) is 1.50. The van der Waals surface area contributed by atoms with E-state index >= 15 is 0 Å². The lowest BCUT2D eigenvalue weighted by Crippen LogP contribution is -2.19. The standard InChI is InChI=1S/C11H8F3NO3/c1-6-2-3-9(18-11(12,13)14)7(4-10(16)17)8(6)5-15/h2-3H,4H2,1H3,(H,16,17). The molecule has 0 aromatic heterocycles. The number of carboxylic acid groups (broad SMARTS) is 1. The zero-order valence-corrected chi connectivity index (χ0v) is 9.21. The lowest BCUT2D eigenvalue weighted by molar-refractivity contribution is -0.274. The highest BCUT2D eigenvalue weighted by molar-refractivity contribution is 5.73. The Bertz CT molecular complexity index is 517. The van der Waals surface area contributed by atoms with Gasteiger partial charge in [-0.05, 0) is 18.6 Å². The lowest BCUT2D eigenvalue weighted by atomic mass is 9.99. The average molecular weight is 259 g/mol. The molecular formula is C11H8F3NO3. The summed E-state index contributed by atoms with van der Waals surface area (Å²) in [5.41, 5.74) is 0.00440. The Labute approximate surface area is 100 Å². The number of benzene rings is 1. The zero-order valence-electron chi connectivity index (χ0n) is 9.21. The van der Waals surface area contributed by atoms with E-state index in [1.807, 2.05) is 0 Å². The van der Waals surface area contributed by atoms with E-state index in [0.717, 1.165) is 6.07 Å². The van der Waals surface area contributed by atoms with Gasteiger partial charge in [0.05, 0.1) is 18.1 Å². The first-order chi connectivity index (χ1) is 8.24. The molecule has 0 radical (unpaired) electrons. The fourth-order valence-corrected chi connectivity index (χ4v) is 1.45. The van der Waals surface area contributed by atoms with E-state index in [4.69, 9.17) is 10.4 Å². The van der Waals surface area contributed by atoms with Gasteiger partial charge >= 0.3 is 12.3 Å². The predicted molar refractivity (Wildman–Crippen MR) is 53.9 cm³/mol. The topological polar surface area (TPSA) is 70.3 Å². The van der Waals surface area contributed by atoms with Gasteiger partial charge in [-0.25, -0.2) is 0 Å². The number of alkyl halides is 3. The summed E-state index contributed by atoms with van der Waals surface area (Å²) in [6.07, 6.45) is -5.65. The van der Waals surface area contributed by atoms with Crippen LogP contribution in [-0.4, -0.2) is 17.4 Å². The Morgan fingerprint density at radius 1 is 1.50 bits per heavy atom. The summed E-state index contributed by atoms with van der Waals surface area (Å²) in [6, 6.07) is 3.96. The summed E-state index contributed by atoms with van der Waals surface area (Å²) in [5, 5.41) is 17.5. The fraction of sp³-hybridized carbons (Fsp3) is 0.273. The molecule has 0 fully saturated rings. The zero-order chi connectivity index (χ0) is 13.9. The van der Waals surface area contributed by atoms with Crippen LogP contribution in [0.4, 0.5) is 13.2 Å². The average Bonchev–Trinajstić information content (AvgIpc) is 2.20. The van der Waals surface area contributed by atoms with Crippen molar-refractivity contribution in [3.8, 4) is 11.8 Å². The molecule has 0 atom stereocenters. The Balaban J connectivity index is 3.34. The molecular weight excluding hydrogens is 251 g/mol. The highest BCUT2D eigenvalue weighted by Gasteiger charge is 2.33. The van der Waals surface area contributed by atoms with Gasteiger partial charge in [-0.3, -0.25) is 4.79 Å². The van der Waals surface area contributed by atoms with Crippen molar-refractivity contribution in [2.75, 3.05) is 0 Å². The van der Waals surface area contributed by atoms with Gasteiger partial charge in [-0.2, -0.15) is 5.26 Å². The van der Waals surface area contributed by atoms with E-state index in [-0.39, 0.29) is 11.1 Å². The second-order valence-corrected chi connectivity index (χ2v) is 3.46. The minimum absolute atomic E-state index is 0.112. The van der Waals surface area contributed by atoms with Crippen LogP contribution in [0.5, 0.6) is 5.75 Å².